The molecule has 0 aliphatic heterocycles. The highest BCUT2D eigenvalue weighted by Crippen LogP contribution is 2.31. The maximum absolute atomic E-state index is 9.50. The molecule has 0 aliphatic rings. The third-order valence-corrected chi connectivity index (χ3v) is 4.69. The molecular weight excluding hydrogens is 401 g/mol. The van der Waals surface area contributed by atoms with Gasteiger partial charge in [0.15, 0.2) is 0 Å². The van der Waals surface area contributed by atoms with Crippen LogP contribution in [0.25, 0.3) is 11.6 Å². The molecule has 0 spiro atoms. The first-order valence-corrected chi connectivity index (χ1v) is 9.23. The van der Waals surface area contributed by atoms with Gasteiger partial charge in [0.2, 0.25) is 0 Å². The number of nitriles is 1. The summed E-state index contributed by atoms with van der Waals surface area (Å²) >= 11 is 18.5. The van der Waals surface area contributed by atoms with E-state index < -0.39 is 0 Å². The maximum atomic E-state index is 9.50. The van der Waals surface area contributed by atoms with E-state index in [1.54, 1.807) is 36.4 Å². The van der Waals surface area contributed by atoms with E-state index in [2.05, 4.69) is 6.07 Å². The van der Waals surface area contributed by atoms with Crippen molar-refractivity contribution in [2.75, 3.05) is 0 Å². The lowest BCUT2D eigenvalue weighted by atomic mass is 10.0. The molecule has 27 heavy (non-hydrogen) atoms. The van der Waals surface area contributed by atoms with E-state index >= 15 is 0 Å². The van der Waals surface area contributed by atoms with Crippen LogP contribution in [0.5, 0.6) is 5.75 Å². The number of benzene rings is 3. The highest BCUT2D eigenvalue weighted by molar-refractivity contribution is 6.36. The Kier molecular flexibility index (Phi) is 6.42. The second-order valence-corrected chi connectivity index (χ2v) is 7.01. The summed E-state index contributed by atoms with van der Waals surface area (Å²) in [6.45, 7) is 0.430. The van der Waals surface area contributed by atoms with Gasteiger partial charge in [0, 0.05) is 10.6 Å². The SMILES string of the molecule is N#C/C(=C\c1ccc(OCc2ccccc2)c(Cl)c1)c1ccc(Cl)cc1Cl. The van der Waals surface area contributed by atoms with E-state index in [4.69, 9.17) is 39.5 Å². The zero-order valence-electron chi connectivity index (χ0n) is 14.1. The Morgan fingerprint density at radius 1 is 0.926 bits per heavy atom. The van der Waals surface area contributed by atoms with Gasteiger partial charge in [-0.3, -0.25) is 0 Å². The molecule has 2 nitrogen and oxygen atoms in total. The molecule has 0 aliphatic carbocycles. The summed E-state index contributed by atoms with van der Waals surface area (Å²) in [5.74, 6) is 0.584. The van der Waals surface area contributed by atoms with Gasteiger partial charge < -0.3 is 4.74 Å². The summed E-state index contributed by atoms with van der Waals surface area (Å²) in [4.78, 5) is 0. The molecule has 3 aromatic rings. The number of allylic oxidation sites excluding steroid dienone is 1. The predicted molar refractivity (Wildman–Crippen MR) is 112 cm³/mol. The minimum absolute atomic E-state index is 0.421. The summed E-state index contributed by atoms with van der Waals surface area (Å²) in [6.07, 6.45) is 1.72. The van der Waals surface area contributed by atoms with Crippen LogP contribution in [0.1, 0.15) is 16.7 Å². The largest absolute Gasteiger partial charge is 0.487 e. The van der Waals surface area contributed by atoms with Crippen molar-refractivity contribution in [3.63, 3.8) is 0 Å². The normalized spacial score (nSPS) is 11.1. The average Bonchev–Trinajstić information content (AvgIpc) is 2.67. The number of rotatable bonds is 5. The van der Waals surface area contributed by atoms with Gasteiger partial charge in [0.1, 0.15) is 12.4 Å². The molecule has 0 radical (unpaired) electrons. The van der Waals surface area contributed by atoms with Crippen LogP contribution in [0.4, 0.5) is 0 Å². The van der Waals surface area contributed by atoms with Crippen molar-refractivity contribution in [2.45, 2.75) is 6.61 Å². The van der Waals surface area contributed by atoms with E-state index in [1.165, 1.54) is 0 Å². The molecule has 5 heteroatoms. The summed E-state index contributed by atoms with van der Waals surface area (Å²) < 4.78 is 5.77. The molecule has 0 atom stereocenters. The molecule has 0 saturated carbocycles. The molecule has 0 bridgehead atoms. The van der Waals surface area contributed by atoms with E-state index in [0.717, 1.165) is 11.1 Å². The first kappa shape index (κ1) is 19.3. The molecule has 0 saturated heterocycles. The molecule has 0 unspecified atom stereocenters. The Morgan fingerprint density at radius 3 is 2.37 bits per heavy atom. The predicted octanol–water partition coefficient (Wildman–Crippen LogP) is 7.29. The smallest absolute Gasteiger partial charge is 0.138 e. The van der Waals surface area contributed by atoms with Crippen LogP contribution < -0.4 is 4.74 Å². The molecule has 0 fully saturated rings. The van der Waals surface area contributed by atoms with Crippen molar-refractivity contribution in [2.24, 2.45) is 0 Å². The Balaban J connectivity index is 1.81. The topological polar surface area (TPSA) is 33.0 Å². The molecule has 0 amide bonds. The van der Waals surface area contributed by atoms with Gasteiger partial charge >= 0.3 is 0 Å². The van der Waals surface area contributed by atoms with Crippen molar-refractivity contribution in [3.05, 3.63) is 98.5 Å². The Morgan fingerprint density at radius 2 is 1.70 bits per heavy atom. The van der Waals surface area contributed by atoms with Crippen LogP contribution in [-0.2, 0) is 6.61 Å². The van der Waals surface area contributed by atoms with Crippen molar-refractivity contribution in [1.29, 1.82) is 5.26 Å². The van der Waals surface area contributed by atoms with Gasteiger partial charge in [-0.1, -0.05) is 77.3 Å². The van der Waals surface area contributed by atoms with Gasteiger partial charge in [-0.25, -0.2) is 0 Å². The molecule has 3 aromatic carbocycles. The number of ether oxygens (including phenoxy) is 1. The minimum Gasteiger partial charge on any atom is -0.487 e. The van der Waals surface area contributed by atoms with Crippen molar-refractivity contribution in [1.82, 2.24) is 0 Å². The third-order valence-electron chi connectivity index (χ3n) is 3.85. The van der Waals surface area contributed by atoms with Crippen molar-refractivity contribution in [3.8, 4) is 11.8 Å². The maximum Gasteiger partial charge on any atom is 0.138 e. The monoisotopic (exact) mass is 413 g/mol. The number of hydrogen-bond acceptors (Lipinski definition) is 2. The Labute approximate surface area is 173 Å². The lowest BCUT2D eigenvalue weighted by Crippen LogP contribution is -1.95. The van der Waals surface area contributed by atoms with Gasteiger partial charge in [-0.2, -0.15) is 5.26 Å². The highest BCUT2D eigenvalue weighted by atomic mass is 35.5. The van der Waals surface area contributed by atoms with Gasteiger partial charge in [0.05, 0.1) is 21.7 Å². The summed E-state index contributed by atoms with van der Waals surface area (Å²) in [7, 11) is 0. The van der Waals surface area contributed by atoms with Crippen molar-refractivity contribution >= 4 is 46.5 Å². The molecule has 0 aromatic heterocycles. The second-order valence-electron chi connectivity index (χ2n) is 5.76. The van der Waals surface area contributed by atoms with Gasteiger partial charge in [0.25, 0.3) is 0 Å². The average molecular weight is 415 g/mol. The molecule has 0 N–H and O–H groups in total. The van der Waals surface area contributed by atoms with E-state index in [-0.39, 0.29) is 0 Å². The lowest BCUT2D eigenvalue weighted by Gasteiger charge is -2.09. The molecule has 3 rings (SSSR count). The van der Waals surface area contributed by atoms with Crippen LogP contribution in [0.3, 0.4) is 0 Å². The lowest BCUT2D eigenvalue weighted by molar-refractivity contribution is 0.306. The van der Waals surface area contributed by atoms with Crippen LogP contribution in [0.2, 0.25) is 15.1 Å². The first-order chi connectivity index (χ1) is 13.1. The number of hydrogen-bond donors (Lipinski definition) is 0. The van der Waals surface area contributed by atoms with Gasteiger partial charge in [-0.05, 0) is 41.5 Å². The highest BCUT2D eigenvalue weighted by Gasteiger charge is 2.09. The zero-order valence-corrected chi connectivity index (χ0v) is 16.4. The van der Waals surface area contributed by atoms with Crippen molar-refractivity contribution < 1.29 is 4.74 Å². The van der Waals surface area contributed by atoms with E-state index in [1.807, 2.05) is 36.4 Å². The van der Waals surface area contributed by atoms with Crippen LogP contribution in [0.15, 0.2) is 66.7 Å². The zero-order chi connectivity index (χ0) is 19.2. The number of nitrogens with zero attached hydrogens (tertiary/aromatic N) is 1. The third kappa shape index (κ3) is 5.05. The fraction of sp³-hybridized carbons (Fsp3) is 0.0455. The first-order valence-electron chi connectivity index (χ1n) is 8.10. The molecule has 134 valence electrons. The van der Waals surface area contributed by atoms with Crippen LogP contribution in [-0.4, -0.2) is 0 Å². The fourth-order valence-electron chi connectivity index (χ4n) is 2.50. The second kappa shape index (κ2) is 8.97. The summed E-state index contributed by atoms with van der Waals surface area (Å²) in [5, 5.41) is 10.9. The Hall–Kier alpha value is -2.44. The van der Waals surface area contributed by atoms with Gasteiger partial charge in [-0.15, -0.1) is 0 Å². The van der Waals surface area contributed by atoms with Crippen LogP contribution in [0, 0.1) is 11.3 Å². The molecule has 0 heterocycles. The summed E-state index contributed by atoms with van der Waals surface area (Å²) in [5.41, 5.74) is 2.87. The summed E-state index contributed by atoms with van der Waals surface area (Å²) in [6, 6.07) is 22.4. The van der Waals surface area contributed by atoms with E-state index in [0.29, 0.717) is 38.6 Å². The van der Waals surface area contributed by atoms with E-state index in [9.17, 15) is 5.26 Å². The number of halogens is 3. The molecular formula is C22H14Cl3NO. The minimum atomic E-state index is 0.421. The Bertz CT molecular complexity index is 1020. The standard InChI is InChI=1S/C22H14Cl3NO/c23-18-7-8-19(20(24)12-18)17(13-26)10-16-6-9-22(21(25)11-16)27-14-15-4-2-1-3-5-15/h1-12H,14H2/b17-10+. The van der Waals surface area contributed by atoms with Crippen LogP contribution >= 0.6 is 34.8 Å². The fourth-order valence-corrected chi connectivity index (χ4v) is 3.26. The quantitative estimate of drug-likeness (QED) is 0.324.